The van der Waals surface area contributed by atoms with Gasteiger partial charge in [0.1, 0.15) is 11.6 Å². The van der Waals surface area contributed by atoms with E-state index in [-0.39, 0.29) is 17.2 Å². The van der Waals surface area contributed by atoms with Crippen LogP contribution in [-0.4, -0.2) is 34.4 Å². The Kier molecular flexibility index (Phi) is 3.98. The summed E-state index contributed by atoms with van der Waals surface area (Å²) in [6.45, 7) is 3.57. The molecule has 0 fully saturated rings. The van der Waals surface area contributed by atoms with Crippen LogP contribution >= 0.6 is 11.6 Å². The first-order valence-corrected chi connectivity index (χ1v) is 5.65. The van der Waals surface area contributed by atoms with Gasteiger partial charge in [-0.2, -0.15) is 0 Å². The van der Waals surface area contributed by atoms with E-state index in [0.29, 0.717) is 0 Å². The van der Waals surface area contributed by atoms with Crippen molar-refractivity contribution in [3.63, 3.8) is 0 Å². The number of rotatable bonds is 3. The quantitative estimate of drug-likeness (QED) is 0.848. The number of phenols is 1. The number of carbonyl (C=O) groups is 1. The molecule has 0 aliphatic carbocycles. The van der Waals surface area contributed by atoms with Crippen molar-refractivity contribution >= 4 is 17.5 Å². The van der Waals surface area contributed by atoms with Crippen LogP contribution in [0.3, 0.4) is 0 Å². The van der Waals surface area contributed by atoms with Crippen molar-refractivity contribution in [3.05, 3.63) is 29.6 Å². The zero-order valence-electron chi connectivity index (χ0n) is 10.00. The first-order valence-electron chi connectivity index (χ1n) is 5.12. The number of halogens is 2. The number of amides is 1. The summed E-state index contributed by atoms with van der Waals surface area (Å²) in [5.74, 6) is -1.03. The van der Waals surface area contributed by atoms with Crippen molar-refractivity contribution in [2.24, 2.45) is 0 Å². The first kappa shape index (κ1) is 13.8. The Morgan fingerprint density at radius 3 is 2.65 bits per heavy atom. The van der Waals surface area contributed by atoms with Crippen LogP contribution in [-0.2, 0) is 0 Å². The maximum absolute atomic E-state index is 13.0. The molecule has 1 aromatic rings. The molecule has 0 aliphatic heterocycles. The minimum atomic E-state index is -0.572. The van der Waals surface area contributed by atoms with E-state index in [1.54, 1.807) is 20.9 Å². The molecule has 0 aromatic heterocycles. The molecule has 94 valence electrons. The zero-order chi connectivity index (χ0) is 13.2. The third-order valence-corrected chi connectivity index (χ3v) is 3.38. The lowest BCUT2D eigenvalue weighted by atomic mass is 10.0. The van der Waals surface area contributed by atoms with Gasteiger partial charge in [-0.15, -0.1) is 11.6 Å². The van der Waals surface area contributed by atoms with Crippen molar-refractivity contribution < 1.29 is 14.3 Å². The average Bonchev–Trinajstić information content (AvgIpc) is 2.30. The van der Waals surface area contributed by atoms with Crippen molar-refractivity contribution in [1.82, 2.24) is 4.90 Å². The standard InChI is InChI=1S/C12H15ClFNO2/c1-12(2,7-13)15(3)11(17)9-6-8(14)4-5-10(9)16/h4-6,16H,7H2,1-3H3. The Labute approximate surface area is 105 Å². The first-order chi connectivity index (χ1) is 7.79. The molecule has 17 heavy (non-hydrogen) atoms. The Bertz CT molecular complexity index is 435. The lowest BCUT2D eigenvalue weighted by Crippen LogP contribution is -2.46. The summed E-state index contributed by atoms with van der Waals surface area (Å²) in [5.41, 5.74) is -0.636. The molecule has 0 atom stereocenters. The van der Waals surface area contributed by atoms with Gasteiger partial charge in [0.25, 0.3) is 5.91 Å². The van der Waals surface area contributed by atoms with Gasteiger partial charge in [0.05, 0.1) is 11.1 Å². The number of hydrogen-bond donors (Lipinski definition) is 1. The van der Waals surface area contributed by atoms with Crippen LogP contribution in [0.2, 0.25) is 0 Å². The van der Waals surface area contributed by atoms with E-state index in [4.69, 9.17) is 11.6 Å². The second-order valence-corrected chi connectivity index (χ2v) is 4.74. The maximum Gasteiger partial charge on any atom is 0.257 e. The van der Waals surface area contributed by atoms with Crippen LogP contribution in [0, 0.1) is 5.82 Å². The largest absolute Gasteiger partial charge is 0.507 e. The Balaban J connectivity index is 3.08. The van der Waals surface area contributed by atoms with Gasteiger partial charge < -0.3 is 10.0 Å². The molecule has 0 aliphatic rings. The highest BCUT2D eigenvalue weighted by molar-refractivity contribution is 6.18. The fourth-order valence-electron chi connectivity index (χ4n) is 1.22. The van der Waals surface area contributed by atoms with Crippen molar-refractivity contribution in [2.75, 3.05) is 12.9 Å². The average molecular weight is 260 g/mol. The van der Waals surface area contributed by atoms with Crippen LogP contribution in [0.1, 0.15) is 24.2 Å². The fraction of sp³-hybridized carbons (Fsp3) is 0.417. The van der Waals surface area contributed by atoms with Crippen molar-refractivity contribution in [2.45, 2.75) is 19.4 Å². The van der Waals surface area contributed by atoms with Gasteiger partial charge in [-0.1, -0.05) is 0 Å². The summed E-state index contributed by atoms with van der Waals surface area (Å²) < 4.78 is 13.0. The van der Waals surface area contributed by atoms with E-state index >= 15 is 0 Å². The molecule has 0 bridgehead atoms. The molecule has 1 aromatic carbocycles. The van der Waals surface area contributed by atoms with Gasteiger partial charge >= 0.3 is 0 Å². The normalized spacial score (nSPS) is 11.4. The fourth-order valence-corrected chi connectivity index (χ4v) is 1.40. The van der Waals surface area contributed by atoms with Gasteiger partial charge in [-0.3, -0.25) is 4.79 Å². The molecule has 0 saturated carbocycles. The van der Waals surface area contributed by atoms with Crippen LogP contribution in [0.25, 0.3) is 0 Å². The minimum Gasteiger partial charge on any atom is -0.507 e. The van der Waals surface area contributed by atoms with Crippen LogP contribution in [0.5, 0.6) is 5.75 Å². The molecule has 0 radical (unpaired) electrons. The Hall–Kier alpha value is -1.29. The molecule has 0 heterocycles. The maximum atomic E-state index is 13.0. The molecule has 0 saturated heterocycles. The second-order valence-electron chi connectivity index (χ2n) is 4.47. The van der Waals surface area contributed by atoms with Gasteiger partial charge in [0, 0.05) is 12.9 Å². The van der Waals surface area contributed by atoms with E-state index in [0.717, 1.165) is 18.2 Å². The second kappa shape index (κ2) is 4.92. The highest BCUT2D eigenvalue weighted by Crippen LogP contribution is 2.23. The number of carbonyl (C=O) groups excluding carboxylic acids is 1. The summed E-state index contributed by atoms with van der Waals surface area (Å²) in [7, 11) is 1.56. The number of benzene rings is 1. The van der Waals surface area contributed by atoms with E-state index in [1.807, 2.05) is 0 Å². The number of nitrogens with zero attached hydrogens (tertiary/aromatic N) is 1. The van der Waals surface area contributed by atoms with Crippen LogP contribution < -0.4 is 0 Å². The number of aromatic hydroxyl groups is 1. The number of phenolic OH excluding ortho intramolecular Hbond substituents is 1. The van der Waals surface area contributed by atoms with Crippen LogP contribution in [0.4, 0.5) is 4.39 Å². The summed E-state index contributed by atoms with van der Waals surface area (Å²) in [6, 6.07) is 3.27. The predicted molar refractivity (Wildman–Crippen MR) is 65.0 cm³/mol. The van der Waals surface area contributed by atoms with E-state index in [1.165, 1.54) is 4.90 Å². The zero-order valence-corrected chi connectivity index (χ0v) is 10.8. The van der Waals surface area contributed by atoms with Gasteiger partial charge in [-0.25, -0.2) is 4.39 Å². The predicted octanol–water partition coefficient (Wildman–Crippen LogP) is 2.62. The lowest BCUT2D eigenvalue weighted by Gasteiger charge is -2.34. The molecule has 0 spiro atoms. The molecule has 1 rings (SSSR count). The van der Waals surface area contributed by atoms with E-state index in [2.05, 4.69) is 0 Å². The minimum absolute atomic E-state index is 0.0642. The number of hydrogen-bond acceptors (Lipinski definition) is 2. The summed E-state index contributed by atoms with van der Waals surface area (Å²) in [5, 5.41) is 9.55. The number of alkyl halides is 1. The third-order valence-electron chi connectivity index (χ3n) is 2.73. The highest BCUT2D eigenvalue weighted by atomic mass is 35.5. The van der Waals surface area contributed by atoms with Gasteiger partial charge in [0.15, 0.2) is 0 Å². The molecule has 3 nitrogen and oxygen atoms in total. The monoisotopic (exact) mass is 259 g/mol. The lowest BCUT2D eigenvalue weighted by molar-refractivity contribution is 0.0656. The summed E-state index contributed by atoms with van der Waals surface area (Å²) >= 11 is 5.76. The Morgan fingerprint density at radius 2 is 2.12 bits per heavy atom. The molecule has 5 heteroatoms. The molecular formula is C12H15ClFNO2. The molecule has 0 unspecified atom stereocenters. The highest BCUT2D eigenvalue weighted by Gasteiger charge is 2.28. The SMILES string of the molecule is CN(C(=O)c1cc(F)ccc1O)C(C)(C)CCl. The van der Waals surface area contributed by atoms with Crippen molar-refractivity contribution in [3.8, 4) is 5.75 Å². The van der Waals surface area contributed by atoms with Crippen LogP contribution in [0.15, 0.2) is 18.2 Å². The molecule has 1 N–H and O–H groups in total. The smallest absolute Gasteiger partial charge is 0.257 e. The summed E-state index contributed by atoms with van der Waals surface area (Å²) in [6.07, 6.45) is 0. The molecular weight excluding hydrogens is 245 g/mol. The van der Waals surface area contributed by atoms with Gasteiger partial charge in [-0.05, 0) is 32.0 Å². The van der Waals surface area contributed by atoms with Crippen molar-refractivity contribution in [1.29, 1.82) is 0 Å². The van der Waals surface area contributed by atoms with E-state index in [9.17, 15) is 14.3 Å². The Morgan fingerprint density at radius 1 is 1.53 bits per heavy atom. The topological polar surface area (TPSA) is 40.5 Å². The third kappa shape index (κ3) is 2.88. The summed E-state index contributed by atoms with van der Waals surface area (Å²) in [4.78, 5) is 13.4. The van der Waals surface area contributed by atoms with E-state index < -0.39 is 17.3 Å². The molecule has 1 amide bonds. The van der Waals surface area contributed by atoms with Gasteiger partial charge in [0.2, 0.25) is 0 Å².